The second kappa shape index (κ2) is 7.47. The van der Waals surface area contributed by atoms with Crippen molar-refractivity contribution in [1.29, 1.82) is 0 Å². The molecule has 0 atom stereocenters. The molecule has 0 spiro atoms. The molecule has 140 valence electrons. The Morgan fingerprint density at radius 3 is 2.52 bits per heavy atom. The fourth-order valence-corrected chi connectivity index (χ4v) is 4.30. The first-order chi connectivity index (χ1) is 13.1. The van der Waals surface area contributed by atoms with Crippen LogP contribution in [0.4, 0.5) is 5.69 Å². The van der Waals surface area contributed by atoms with Crippen molar-refractivity contribution in [1.82, 2.24) is 4.90 Å². The van der Waals surface area contributed by atoms with Gasteiger partial charge in [0.15, 0.2) is 0 Å². The van der Waals surface area contributed by atoms with E-state index in [1.165, 1.54) is 0 Å². The second-order valence-corrected chi connectivity index (χ2v) is 8.43. The van der Waals surface area contributed by atoms with Gasteiger partial charge >= 0.3 is 0 Å². The van der Waals surface area contributed by atoms with Gasteiger partial charge in [-0.05, 0) is 54.7 Å². The standard InChI is InChI=1S/C22H23BrN2O2/c23-18-9-7-17(8-10-18)22(11-3-12-22)21(27)24-19-5-1-4-16(14-19)15-25-13-2-6-20(25)26/h1,4-5,7-10,14H,2-3,6,11-13,15H2,(H,24,27). The Morgan fingerprint density at radius 1 is 1.11 bits per heavy atom. The summed E-state index contributed by atoms with van der Waals surface area (Å²) in [5.41, 5.74) is 2.50. The summed E-state index contributed by atoms with van der Waals surface area (Å²) in [6.45, 7) is 1.43. The molecule has 0 aromatic heterocycles. The number of carbonyl (C=O) groups is 2. The lowest BCUT2D eigenvalue weighted by Crippen LogP contribution is -2.46. The molecule has 0 radical (unpaired) electrons. The third kappa shape index (κ3) is 3.65. The van der Waals surface area contributed by atoms with Crippen LogP contribution in [-0.2, 0) is 21.5 Å². The monoisotopic (exact) mass is 426 g/mol. The van der Waals surface area contributed by atoms with Gasteiger partial charge in [0, 0.05) is 29.7 Å². The predicted molar refractivity (Wildman–Crippen MR) is 109 cm³/mol. The van der Waals surface area contributed by atoms with Crippen LogP contribution >= 0.6 is 15.9 Å². The number of amides is 2. The molecule has 2 aromatic rings. The Labute approximate surface area is 168 Å². The van der Waals surface area contributed by atoms with Crippen LogP contribution in [0.1, 0.15) is 43.2 Å². The van der Waals surface area contributed by atoms with E-state index in [1.54, 1.807) is 0 Å². The normalized spacial score (nSPS) is 18.3. The minimum atomic E-state index is -0.429. The van der Waals surface area contributed by atoms with Crippen molar-refractivity contribution in [2.45, 2.75) is 44.1 Å². The van der Waals surface area contributed by atoms with Gasteiger partial charge in [0.2, 0.25) is 11.8 Å². The molecular weight excluding hydrogens is 404 g/mol. The molecule has 5 heteroatoms. The number of likely N-dealkylation sites (tertiary alicyclic amines) is 1. The average molecular weight is 427 g/mol. The second-order valence-electron chi connectivity index (χ2n) is 7.52. The van der Waals surface area contributed by atoms with E-state index in [1.807, 2.05) is 53.4 Å². The fraction of sp³-hybridized carbons (Fsp3) is 0.364. The highest BCUT2D eigenvalue weighted by Gasteiger charge is 2.45. The zero-order valence-electron chi connectivity index (χ0n) is 15.2. The average Bonchev–Trinajstić information content (AvgIpc) is 3.01. The first-order valence-electron chi connectivity index (χ1n) is 9.51. The fourth-order valence-electron chi connectivity index (χ4n) is 4.04. The van der Waals surface area contributed by atoms with E-state index in [4.69, 9.17) is 0 Å². The molecule has 4 nitrogen and oxygen atoms in total. The molecule has 0 unspecified atom stereocenters. The van der Waals surface area contributed by atoms with Crippen LogP contribution in [0.2, 0.25) is 0 Å². The minimum absolute atomic E-state index is 0.0606. The van der Waals surface area contributed by atoms with Crippen molar-refractivity contribution >= 4 is 33.4 Å². The summed E-state index contributed by atoms with van der Waals surface area (Å²) in [7, 11) is 0. The van der Waals surface area contributed by atoms with Gasteiger partial charge in [-0.25, -0.2) is 0 Å². The van der Waals surface area contributed by atoms with Gasteiger partial charge in [-0.15, -0.1) is 0 Å². The number of nitrogens with zero attached hydrogens (tertiary/aromatic N) is 1. The van der Waals surface area contributed by atoms with Crippen molar-refractivity contribution in [2.24, 2.45) is 0 Å². The van der Waals surface area contributed by atoms with E-state index in [2.05, 4.69) is 21.2 Å². The van der Waals surface area contributed by atoms with Crippen LogP contribution < -0.4 is 5.32 Å². The maximum absolute atomic E-state index is 13.1. The van der Waals surface area contributed by atoms with Crippen LogP contribution in [0.3, 0.4) is 0 Å². The molecule has 1 aliphatic carbocycles. The van der Waals surface area contributed by atoms with Gasteiger partial charge in [-0.1, -0.05) is 46.6 Å². The highest BCUT2D eigenvalue weighted by atomic mass is 79.9. The molecule has 1 aliphatic heterocycles. The van der Waals surface area contributed by atoms with Crippen LogP contribution in [0.15, 0.2) is 53.0 Å². The van der Waals surface area contributed by atoms with Crippen LogP contribution in [-0.4, -0.2) is 23.3 Å². The summed E-state index contributed by atoms with van der Waals surface area (Å²) in [6.07, 6.45) is 4.41. The Hall–Kier alpha value is -2.14. The van der Waals surface area contributed by atoms with Crippen molar-refractivity contribution < 1.29 is 9.59 Å². The zero-order chi connectivity index (χ0) is 18.9. The van der Waals surface area contributed by atoms with Gasteiger partial charge in [0.1, 0.15) is 0 Å². The molecule has 1 heterocycles. The summed E-state index contributed by atoms with van der Waals surface area (Å²) in [5, 5.41) is 3.12. The molecule has 4 rings (SSSR count). The number of anilines is 1. The lowest BCUT2D eigenvalue weighted by molar-refractivity contribution is -0.128. The number of carbonyl (C=O) groups excluding carboxylic acids is 2. The summed E-state index contributed by atoms with van der Waals surface area (Å²) in [6, 6.07) is 15.9. The largest absolute Gasteiger partial charge is 0.338 e. The molecule has 1 N–H and O–H groups in total. The summed E-state index contributed by atoms with van der Waals surface area (Å²) >= 11 is 3.46. The molecule has 2 aliphatic rings. The molecule has 2 fully saturated rings. The third-order valence-corrected chi connectivity index (χ3v) is 6.30. The Kier molecular flexibility index (Phi) is 5.04. The number of hydrogen-bond donors (Lipinski definition) is 1. The maximum Gasteiger partial charge on any atom is 0.235 e. The third-order valence-electron chi connectivity index (χ3n) is 5.77. The molecule has 1 saturated carbocycles. The first-order valence-corrected chi connectivity index (χ1v) is 10.3. The SMILES string of the molecule is O=C1CCCN1Cc1cccc(NC(=O)C2(c3ccc(Br)cc3)CCC2)c1. The van der Waals surface area contributed by atoms with Crippen LogP contribution in [0.5, 0.6) is 0 Å². The molecule has 27 heavy (non-hydrogen) atoms. The van der Waals surface area contributed by atoms with Gasteiger partial charge in [-0.3, -0.25) is 9.59 Å². The van der Waals surface area contributed by atoms with E-state index < -0.39 is 5.41 Å². The van der Waals surface area contributed by atoms with Gasteiger partial charge in [-0.2, -0.15) is 0 Å². The van der Waals surface area contributed by atoms with E-state index >= 15 is 0 Å². The lowest BCUT2D eigenvalue weighted by atomic mass is 9.64. The Bertz CT molecular complexity index is 859. The first kappa shape index (κ1) is 18.2. The summed E-state index contributed by atoms with van der Waals surface area (Å²) in [5.74, 6) is 0.276. The van der Waals surface area contributed by atoms with Crippen LogP contribution in [0, 0.1) is 0 Å². The van der Waals surface area contributed by atoms with E-state index in [-0.39, 0.29) is 11.8 Å². The van der Waals surface area contributed by atoms with Crippen molar-refractivity contribution in [3.63, 3.8) is 0 Å². The number of halogens is 1. The predicted octanol–water partition coefficient (Wildman–Crippen LogP) is 4.63. The van der Waals surface area contributed by atoms with Crippen molar-refractivity contribution in [3.8, 4) is 0 Å². The summed E-state index contributed by atoms with van der Waals surface area (Å²) < 4.78 is 1.02. The minimum Gasteiger partial charge on any atom is -0.338 e. The van der Waals surface area contributed by atoms with Crippen molar-refractivity contribution in [3.05, 3.63) is 64.1 Å². The highest BCUT2D eigenvalue weighted by Crippen LogP contribution is 2.44. The highest BCUT2D eigenvalue weighted by molar-refractivity contribution is 9.10. The van der Waals surface area contributed by atoms with Gasteiger partial charge < -0.3 is 10.2 Å². The zero-order valence-corrected chi connectivity index (χ0v) is 16.8. The van der Waals surface area contributed by atoms with Crippen molar-refractivity contribution in [2.75, 3.05) is 11.9 Å². The number of nitrogens with one attached hydrogen (secondary N) is 1. The molecule has 2 aromatic carbocycles. The molecule has 2 amide bonds. The van der Waals surface area contributed by atoms with E-state index in [0.717, 1.165) is 53.5 Å². The number of benzene rings is 2. The summed E-state index contributed by atoms with van der Waals surface area (Å²) in [4.78, 5) is 26.9. The Morgan fingerprint density at radius 2 is 1.89 bits per heavy atom. The maximum atomic E-state index is 13.1. The van der Waals surface area contributed by atoms with Gasteiger partial charge in [0.05, 0.1) is 5.41 Å². The lowest BCUT2D eigenvalue weighted by Gasteiger charge is -2.40. The molecular formula is C22H23BrN2O2. The topological polar surface area (TPSA) is 49.4 Å². The van der Waals surface area contributed by atoms with Crippen LogP contribution in [0.25, 0.3) is 0 Å². The van der Waals surface area contributed by atoms with Gasteiger partial charge in [0.25, 0.3) is 0 Å². The quantitative estimate of drug-likeness (QED) is 0.757. The Balaban J connectivity index is 1.49. The molecule has 1 saturated heterocycles. The number of hydrogen-bond acceptors (Lipinski definition) is 2. The smallest absolute Gasteiger partial charge is 0.235 e. The van der Waals surface area contributed by atoms with E-state index in [9.17, 15) is 9.59 Å². The molecule has 0 bridgehead atoms. The van der Waals surface area contributed by atoms with E-state index in [0.29, 0.717) is 13.0 Å². The number of rotatable bonds is 5.